The van der Waals surface area contributed by atoms with E-state index in [1.54, 1.807) is 0 Å². The zero-order valence-electron chi connectivity index (χ0n) is 10.1. The maximum Gasteiger partial charge on any atom is 0.00766 e. The van der Waals surface area contributed by atoms with Crippen molar-refractivity contribution in [3.63, 3.8) is 0 Å². The summed E-state index contributed by atoms with van der Waals surface area (Å²) in [7, 11) is 2.00. The van der Waals surface area contributed by atoms with Gasteiger partial charge in [-0.3, -0.25) is 0 Å². The van der Waals surface area contributed by atoms with Gasteiger partial charge in [0.1, 0.15) is 0 Å². The summed E-state index contributed by atoms with van der Waals surface area (Å²) >= 11 is 0. The maximum atomic E-state index is 3.43. The van der Waals surface area contributed by atoms with E-state index in [9.17, 15) is 0 Å². The van der Waals surface area contributed by atoms with E-state index in [0.717, 1.165) is 13.1 Å². The van der Waals surface area contributed by atoms with E-state index in [-0.39, 0.29) is 0 Å². The van der Waals surface area contributed by atoms with Gasteiger partial charge in [0.25, 0.3) is 0 Å². The van der Waals surface area contributed by atoms with Crippen molar-refractivity contribution in [1.82, 2.24) is 10.6 Å². The first-order valence-corrected chi connectivity index (χ1v) is 6.27. The zero-order chi connectivity index (χ0) is 10.5. The lowest BCUT2D eigenvalue weighted by atomic mass is 10.1. The summed E-state index contributed by atoms with van der Waals surface area (Å²) in [5, 5.41) is 6.56. The number of rotatable bonds is 11. The molecule has 0 saturated carbocycles. The molecule has 0 aliphatic carbocycles. The fraction of sp³-hybridized carbons (Fsp3) is 1.00. The number of nitrogens with one attached hydrogen (secondary N) is 2. The minimum atomic E-state index is 1.08. The predicted octanol–water partition coefficient (Wildman–Crippen LogP) is 2.55. The molecule has 0 aromatic heterocycles. The van der Waals surface area contributed by atoms with E-state index < -0.39 is 0 Å². The van der Waals surface area contributed by atoms with Gasteiger partial charge in [-0.15, -0.1) is 0 Å². The van der Waals surface area contributed by atoms with Gasteiger partial charge in [-0.05, 0) is 20.0 Å². The van der Waals surface area contributed by atoms with Crippen LogP contribution >= 0.6 is 0 Å². The molecule has 0 fully saturated rings. The molecule has 0 aliphatic heterocycles. The summed E-state index contributed by atoms with van der Waals surface area (Å²) < 4.78 is 0. The summed E-state index contributed by atoms with van der Waals surface area (Å²) in [5.41, 5.74) is 0. The van der Waals surface area contributed by atoms with Crippen molar-refractivity contribution in [3.05, 3.63) is 0 Å². The fourth-order valence-electron chi connectivity index (χ4n) is 1.55. The van der Waals surface area contributed by atoms with Gasteiger partial charge in [-0.25, -0.2) is 0 Å². The van der Waals surface area contributed by atoms with Crippen LogP contribution in [0.1, 0.15) is 51.9 Å². The average molecular weight is 200 g/mol. The van der Waals surface area contributed by atoms with Crippen LogP contribution in [0.15, 0.2) is 0 Å². The normalized spacial score (nSPS) is 10.7. The minimum absolute atomic E-state index is 1.08. The Labute approximate surface area is 89.9 Å². The molecule has 2 nitrogen and oxygen atoms in total. The van der Waals surface area contributed by atoms with Gasteiger partial charge in [-0.1, -0.05) is 45.4 Å². The van der Waals surface area contributed by atoms with Crippen LogP contribution in [0, 0.1) is 0 Å². The molecule has 0 radical (unpaired) electrons. The number of hydrogen-bond acceptors (Lipinski definition) is 2. The second-order valence-corrected chi connectivity index (χ2v) is 3.97. The van der Waals surface area contributed by atoms with Gasteiger partial charge in [-0.2, -0.15) is 0 Å². The molecule has 0 aliphatic rings. The number of unbranched alkanes of at least 4 members (excludes halogenated alkanes) is 6. The van der Waals surface area contributed by atoms with Gasteiger partial charge in [0.05, 0.1) is 0 Å². The first-order chi connectivity index (χ1) is 6.91. The monoisotopic (exact) mass is 200 g/mol. The van der Waals surface area contributed by atoms with E-state index in [1.807, 2.05) is 7.05 Å². The summed E-state index contributed by atoms with van der Waals surface area (Å²) in [6, 6.07) is 0. The molecule has 14 heavy (non-hydrogen) atoms. The van der Waals surface area contributed by atoms with Crippen molar-refractivity contribution >= 4 is 0 Å². The molecule has 0 amide bonds. The number of likely N-dealkylation sites (N-methyl/N-ethyl adjacent to an activating group) is 1. The molecular weight excluding hydrogens is 172 g/mol. The van der Waals surface area contributed by atoms with Crippen LogP contribution in [0.5, 0.6) is 0 Å². The zero-order valence-corrected chi connectivity index (χ0v) is 10.1. The maximum absolute atomic E-state index is 3.43. The van der Waals surface area contributed by atoms with Gasteiger partial charge in [0, 0.05) is 13.1 Å². The quantitative estimate of drug-likeness (QED) is 0.501. The molecule has 2 N–H and O–H groups in total. The third-order valence-electron chi connectivity index (χ3n) is 2.51. The minimum Gasteiger partial charge on any atom is -0.318 e. The smallest absolute Gasteiger partial charge is 0.00766 e. The third kappa shape index (κ3) is 11.9. The molecule has 0 spiro atoms. The van der Waals surface area contributed by atoms with Crippen molar-refractivity contribution < 1.29 is 0 Å². The van der Waals surface area contributed by atoms with E-state index in [2.05, 4.69) is 17.6 Å². The Morgan fingerprint density at radius 3 is 2.00 bits per heavy atom. The molecule has 0 aromatic rings. The van der Waals surface area contributed by atoms with Crippen molar-refractivity contribution in [2.24, 2.45) is 0 Å². The lowest BCUT2D eigenvalue weighted by molar-refractivity contribution is 0.559. The summed E-state index contributed by atoms with van der Waals surface area (Å²) in [6.45, 7) is 5.64. The second kappa shape index (κ2) is 12.9. The lowest BCUT2D eigenvalue weighted by Gasteiger charge is -2.03. The van der Waals surface area contributed by atoms with Crippen LogP contribution in [-0.4, -0.2) is 26.7 Å². The van der Waals surface area contributed by atoms with Gasteiger partial charge in [0.15, 0.2) is 0 Å². The average Bonchev–Trinajstić information content (AvgIpc) is 2.21. The van der Waals surface area contributed by atoms with Gasteiger partial charge >= 0.3 is 0 Å². The van der Waals surface area contributed by atoms with Crippen LogP contribution in [0.4, 0.5) is 0 Å². The first kappa shape index (κ1) is 13.9. The Balaban J connectivity index is 2.78. The van der Waals surface area contributed by atoms with Crippen molar-refractivity contribution in [2.45, 2.75) is 51.9 Å². The van der Waals surface area contributed by atoms with Crippen LogP contribution in [0.25, 0.3) is 0 Å². The molecule has 2 heteroatoms. The largest absolute Gasteiger partial charge is 0.318 e. The molecule has 86 valence electrons. The van der Waals surface area contributed by atoms with E-state index >= 15 is 0 Å². The highest BCUT2D eigenvalue weighted by molar-refractivity contribution is 4.50. The summed E-state index contributed by atoms with van der Waals surface area (Å²) in [6.07, 6.45) is 9.81. The van der Waals surface area contributed by atoms with Crippen molar-refractivity contribution in [2.75, 3.05) is 26.7 Å². The molecule has 0 saturated heterocycles. The standard InChI is InChI=1S/C12H28N2/c1-3-4-5-6-7-8-9-10-14-12-11-13-2/h13-14H,3-12H2,1-2H3. The predicted molar refractivity (Wildman–Crippen MR) is 64.8 cm³/mol. The second-order valence-electron chi connectivity index (χ2n) is 3.97. The van der Waals surface area contributed by atoms with Crippen LogP contribution in [0.3, 0.4) is 0 Å². The van der Waals surface area contributed by atoms with Crippen molar-refractivity contribution in [3.8, 4) is 0 Å². The SMILES string of the molecule is CCCCCCCCCNCCNC. The molecule has 0 atom stereocenters. The Bertz CT molecular complexity index is 82.3. The highest BCUT2D eigenvalue weighted by Gasteiger charge is 1.90. The van der Waals surface area contributed by atoms with Crippen LogP contribution < -0.4 is 10.6 Å². The van der Waals surface area contributed by atoms with Gasteiger partial charge in [0.2, 0.25) is 0 Å². The summed E-state index contributed by atoms with van der Waals surface area (Å²) in [4.78, 5) is 0. The Kier molecular flexibility index (Phi) is 12.8. The first-order valence-electron chi connectivity index (χ1n) is 6.27. The highest BCUT2D eigenvalue weighted by atomic mass is 14.9. The van der Waals surface area contributed by atoms with Crippen LogP contribution in [-0.2, 0) is 0 Å². The molecule has 0 aromatic carbocycles. The fourth-order valence-corrected chi connectivity index (χ4v) is 1.55. The van der Waals surface area contributed by atoms with E-state index in [4.69, 9.17) is 0 Å². The molecule has 0 heterocycles. The van der Waals surface area contributed by atoms with E-state index in [1.165, 1.54) is 51.5 Å². The molecular formula is C12H28N2. The van der Waals surface area contributed by atoms with Crippen molar-refractivity contribution in [1.29, 1.82) is 0 Å². The molecule has 0 unspecified atom stereocenters. The van der Waals surface area contributed by atoms with Crippen LogP contribution in [0.2, 0.25) is 0 Å². The Morgan fingerprint density at radius 2 is 1.36 bits per heavy atom. The van der Waals surface area contributed by atoms with Gasteiger partial charge < -0.3 is 10.6 Å². The highest BCUT2D eigenvalue weighted by Crippen LogP contribution is 2.05. The third-order valence-corrected chi connectivity index (χ3v) is 2.51. The molecule has 0 bridgehead atoms. The number of hydrogen-bond donors (Lipinski definition) is 2. The topological polar surface area (TPSA) is 24.1 Å². The Morgan fingerprint density at radius 1 is 0.714 bits per heavy atom. The Hall–Kier alpha value is -0.0800. The summed E-state index contributed by atoms with van der Waals surface area (Å²) in [5.74, 6) is 0. The molecule has 0 rings (SSSR count). The lowest BCUT2D eigenvalue weighted by Crippen LogP contribution is -2.25. The van der Waals surface area contributed by atoms with E-state index in [0.29, 0.717) is 0 Å².